The summed E-state index contributed by atoms with van der Waals surface area (Å²) in [5.41, 5.74) is 5.38. The van der Waals surface area contributed by atoms with Crippen molar-refractivity contribution in [2.75, 3.05) is 20.3 Å². The fourth-order valence-electron chi connectivity index (χ4n) is 4.43. The molecule has 0 aromatic heterocycles. The molecular weight excluding hydrogens is 818 g/mol. The number of benzene rings is 3. The van der Waals surface area contributed by atoms with Crippen molar-refractivity contribution in [2.24, 2.45) is 5.10 Å². The SMILES string of the molecule is CCOc1cc([C@H]2NC(=O)NC(C)=C2C(=O)OC)ccc1OC[C@H](O)N/N=C/c1cc(Br)cc(I)c1OCc1ccc(Cl)c(Cl)c1. The molecule has 4 rings (SSSR count). The number of carbonyl (C=O) groups excluding carboxylic acids is 2. The van der Waals surface area contributed by atoms with Gasteiger partial charge in [-0.15, -0.1) is 0 Å². The first-order valence-electron chi connectivity index (χ1n) is 13.8. The fourth-order valence-corrected chi connectivity index (χ4v) is 6.46. The summed E-state index contributed by atoms with van der Waals surface area (Å²) in [5, 5.41) is 21.0. The fraction of sp³-hybridized carbons (Fsp3) is 0.258. The van der Waals surface area contributed by atoms with Crippen LogP contribution in [-0.4, -0.2) is 49.9 Å². The Morgan fingerprint density at radius 3 is 2.63 bits per heavy atom. The van der Waals surface area contributed by atoms with Gasteiger partial charge >= 0.3 is 12.0 Å². The van der Waals surface area contributed by atoms with Gasteiger partial charge < -0.3 is 34.7 Å². The van der Waals surface area contributed by atoms with Gasteiger partial charge in [0.15, 0.2) is 17.7 Å². The number of aliphatic hydroxyl groups is 1. The summed E-state index contributed by atoms with van der Waals surface area (Å²) < 4.78 is 24.3. The summed E-state index contributed by atoms with van der Waals surface area (Å²) in [5.74, 6) is 0.720. The first-order chi connectivity index (χ1) is 22.0. The Morgan fingerprint density at radius 2 is 1.91 bits per heavy atom. The van der Waals surface area contributed by atoms with E-state index in [1.807, 2.05) is 25.1 Å². The van der Waals surface area contributed by atoms with Gasteiger partial charge in [-0.25, -0.2) is 9.59 Å². The summed E-state index contributed by atoms with van der Waals surface area (Å²) in [7, 11) is 1.27. The topological polar surface area (TPSA) is 140 Å². The van der Waals surface area contributed by atoms with Crippen LogP contribution in [0.15, 0.2) is 69.4 Å². The first-order valence-corrected chi connectivity index (χ1v) is 16.4. The van der Waals surface area contributed by atoms with E-state index in [0.717, 1.165) is 13.6 Å². The molecule has 0 saturated heterocycles. The van der Waals surface area contributed by atoms with Crippen molar-refractivity contribution in [1.82, 2.24) is 16.1 Å². The first kappa shape index (κ1) is 35.6. The second-order valence-electron chi connectivity index (χ2n) is 9.76. The van der Waals surface area contributed by atoms with Crippen molar-refractivity contribution in [1.29, 1.82) is 0 Å². The van der Waals surface area contributed by atoms with Gasteiger partial charge in [0.25, 0.3) is 0 Å². The van der Waals surface area contributed by atoms with Crippen molar-refractivity contribution in [3.63, 3.8) is 0 Å². The zero-order chi connectivity index (χ0) is 33.4. The number of urea groups is 1. The van der Waals surface area contributed by atoms with Gasteiger partial charge in [-0.05, 0) is 84.0 Å². The zero-order valence-corrected chi connectivity index (χ0v) is 30.1. The van der Waals surface area contributed by atoms with Crippen molar-refractivity contribution in [3.05, 3.63) is 94.6 Å². The molecule has 1 aliphatic heterocycles. The molecule has 0 radical (unpaired) electrons. The highest BCUT2D eigenvalue weighted by Crippen LogP contribution is 2.35. The van der Waals surface area contributed by atoms with Crippen molar-refractivity contribution < 1.29 is 33.6 Å². The Labute approximate surface area is 297 Å². The number of hydrogen-bond donors (Lipinski definition) is 4. The maximum atomic E-state index is 12.5. The minimum atomic E-state index is -1.18. The van der Waals surface area contributed by atoms with E-state index in [4.69, 9.17) is 42.1 Å². The number of amides is 2. The molecule has 0 aliphatic carbocycles. The molecule has 0 saturated carbocycles. The minimum absolute atomic E-state index is 0.177. The number of hydrazone groups is 1. The monoisotopic (exact) mass is 846 g/mol. The van der Waals surface area contributed by atoms with Gasteiger partial charge in [0.1, 0.15) is 19.0 Å². The molecule has 0 unspecified atom stereocenters. The van der Waals surface area contributed by atoms with Crippen LogP contribution in [0.2, 0.25) is 10.0 Å². The standard InChI is InChI=1S/C31H30BrCl2IN4O7/c1-4-44-25-11-18(28-27(30(41)43-3)16(2)37-31(42)38-28)6-8-24(25)45-15-26(40)39-36-13-19-10-20(32)12-23(35)29(19)46-14-17-5-7-21(33)22(34)9-17/h5-13,26,28,39-40H,4,14-15H2,1-3H3,(H2,37,38,42)/b36-13+/t26-,28+/m0/s1. The molecule has 2 amide bonds. The Balaban J connectivity index is 1.43. The van der Waals surface area contributed by atoms with Gasteiger partial charge in [0.05, 0.1) is 45.2 Å². The van der Waals surface area contributed by atoms with Gasteiger partial charge in [-0.2, -0.15) is 5.10 Å². The van der Waals surface area contributed by atoms with Gasteiger partial charge in [-0.1, -0.05) is 51.3 Å². The molecule has 3 aromatic rings. The number of halogens is 4. The predicted octanol–water partition coefficient (Wildman–Crippen LogP) is 6.46. The number of ether oxygens (including phenoxy) is 4. The van der Waals surface area contributed by atoms with E-state index in [-0.39, 0.29) is 18.8 Å². The van der Waals surface area contributed by atoms with Crippen molar-refractivity contribution in [3.8, 4) is 17.2 Å². The maximum Gasteiger partial charge on any atom is 0.337 e. The van der Waals surface area contributed by atoms with Crippen LogP contribution in [0.3, 0.4) is 0 Å². The lowest BCUT2D eigenvalue weighted by atomic mass is 9.95. The molecule has 1 heterocycles. The number of nitrogens with one attached hydrogen (secondary N) is 3. The molecule has 0 bridgehead atoms. The number of esters is 1. The van der Waals surface area contributed by atoms with E-state index in [9.17, 15) is 14.7 Å². The maximum absolute atomic E-state index is 12.5. The predicted molar refractivity (Wildman–Crippen MR) is 187 cm³/mol. The zero-order valence-electron chi connectivity index (χ0n) is 24.8. The normalized spacial score (nSPS) is 15.2. The van der Waals surface area contributed by atoms with E-state index in [1.165, 1.54) is 13.3 Å². The molecule has 15 heteroatoms. The average molecular weight is 848 g/mol. The summed E-state index contributed by atoms with van der Waals surface area (Å²) in [4.78, 5) is 24.7. The Kier molecular flexibility index (Phi) is 12.8. The third-order valence-electron chi connectivity index (χ3n) is 6.50. The van der Waals surface area contributed by atoms with Crippen LogP contribution in [0.1, 0.15) is 36.6 Å². The van der Waals surface area contributed by atoms with Crippen molar-refractivity contribution in [2.45, 2.75) is 32.7 Å². The number of allylic oxidation sites excluding steroid dienone is 1. The number of rotatable bonds is 13. The molecular formula is C31H30BrCl2IN4O7. The highest BCUT2D eigenvalue weighted by Gasteiger charge is 2.32. The molecule has 0 spiro atoms. The van der Waals surface area contributed by atoms with Crippen LogP contribution in [0, 0.1) is 3.57 Å². The smallest absolute Gasteiger partial charge is 0.337 e. The van der Waals surface area contributed by atoms with Crippen LogP contribution in [0.4, 0.5) is 4.79 Å². The van der Waals surface area contributed by atoms with Crippen molar-refractivity contribution >= 4 is 79.9 Å². The van der Waals surface area contributed by atoms with Gasteiger partial charge in [-0.3, -0.25) is 5.43 Å². The van der Waals surface area contributed by atoms with E-state index in [2.05, 4.69) is 59.7 Å². The lowest BCUT2D eigenvalue weighted by molar-refractivity contribution is -0.136. The Morgan fingerprint density at radius 1 is 1.13 bits per heavy atom. The number of aliphatic hydroxyl groups excluding tert-OH is 1. The Bertz CT molecular complexity index is 1670. The molecule has 244 valence electrons. The van der Waals surface area contributed by atoms with Gasteiger partial charge in [0.2, 0.25) is 0 Å². The largest absolute Gasteiger partial charge is 0.490 e. The quantitative estimate of drug-likeness (QED) is 0.0506. The summed E-state index contributed by atoms with van der Waals surface area (Å²) in [6, 6.07) is 12.8. The molecule has 4 N–H and O–H groups in total. The van der Waals surface area contributed by atoms with Gasteiger partial charge in [0, 0.05) is 15.7 Å². The molecule has 2 atom stereocenters. The molecule has 3 aromatic carbocycles. The molecule has 1 aliphatic rings. The second kappa shape index (κ2) is 16.5. The van der Waals surface area contributed by atoms with E-state index in [1.54, 1.807) is 37.3 Å². The van der Waals surface area contributed by atoms with Crippen LogP contribution in [0.25, 0.3) is 0 Å². The molecule has 0 fully saturated rings. The summed E-state index contributed by atoms with van der Waals surface area (Å²) in [6.07, 6.45) is 0.347. The third kappa shape index (κ3) is 9.18. The van der Waals surface area contributed by atoms with E-state index >= 15 is 0 Å². The van der Waals surface area contributed by atoms with Crippen LogP contribution < -0.4 is 30.3 Å². The highest BCUT2D eigenvalue weighted by atomic mass is 127. The minimum Gasteiger partial charge on any atom is -0.490 e. The average Bonchev–Trinajstić information content (AvgIpc) is 3.01. The number of carbonyl (C=O) groups is 2. The number of nitrogens with zero attached hydrogens (tertiary/aromatic N) is 1. The second-order valence-corrected chi connectivity index (χ2v) is 12.7. The Hall–Kier alpha value is -3.24. The van der Waals surface area contributed by atoms with E-state index < -0.39 is 24.3 Å². The van der Waals surface area contributed by atoms with E-state index in [0.29, 0.717) is 50.7 Å². The lowest BCUT2D eigenvalue weighted by Gasteiger charge is -2.28. The molecule has 46 heavy (non-hydrogen) atoms. The highest BCUT2D eigenvalue weighted by molar-refractivity contribution is 14.1. The third-order valence-corrected chi connectivity index (χ3v) is 8.50. The van der Waals surface area contributed by atoms with Crippen LogP contribution in [-0.2, 0) is 16.1 Å². The summed E-state index contributed by atoms with van der Waals surface area (Å²) >= 11 is 17.8. The van der Waals surface area contributed by atoms with Crippen LogP contribution >= 0.6 is 61.7 Å². The number of hydrogen-bond acceptors (Lipinski definition) is 9. The molecule has 11 nitrogen and oxygen atoms in total. The summed E-state index contributed by atoms with van der Waals surface area (Å²) in [6.45, 7) is 3.83. The lowest BCUT2D eigenvalue weighted by Crippen LogP contribution is -2.45. The van der Waals surface area contributed by atoms with Crippen LogP contribution in [0.5, 0.6) is 17.2 Å². The number of methoxy groups -OCH3 is 1.